The fraction of sp³-hybridized carbons (Fsp3) is 0.556. The molecule has 7 nitrogen and oxygen atoms in total. The van der Waals surface area contributed by atoms with E-state index in [1.807, 2.05) is 23.1 Å². The van der Waals surface area contributed by atoms with Crippen LogP contribution >= 0.6 is 0 Å². The van der Waals surface area contributed by atoms with Crippen LogP contribution in [-0.2, 0) is 4.79 Å². The zero-order chi connectivity index (χ0) is 17.9. The second kappa shape index (κ2) is 7.31. The maximum Gasteiger partial charge on any atom is 0.228 e. The van der Waals surface area contributed by atoms with Crippen LogP contribution in [0.15, 0.2) is 31.0 Å². The Kier molecular flexibility index (Phi) is 5.13. The minimum atomic E-state index is -0.731. The summed E-state index contributed by atoms with van der Waals surface area (Å²) in [6.45, 7) is 3.37. The highest BCUT2D eigenvalue weighted by Gasteiger charge is 2.30. The minimum Gasteiger partial charge on any atom is -0.395 e. The number of nitrogens with zero attached hydrogens (tertiary/aromatic N) is 4. The van der Waals surface area contributed by atoms with E-state index in [0.29, 0.717) is 6.04 Å². The van der Waals surface area contributed by atoms with E-state index in [2.05, 4.69) is 20.4 Å². The molecule has 0 radical (unpaired) electrons. The molecule has 1 aliphatic carbocycles. The summed E-state index contributed by atoms with van der Waals surface area (Å²) in [4.78, 5) is 20.4. The summed E-state index contributed by atoms with van der Waals surface area (Å²) in [5, 5.41) is 16.9. The minimum absolute atomic E-state index is 0.0800. The summed E-state index contributed by atoms with van der Waals surface area (Å²) >= 11 is 0. The van der Waals surface area contributed by atoms with E-state index in [-0.39, 0.29) is 18.6 Å². The highest BCUT2D eigenvalue weighted by atomic mass is 16.3. The van der Waals surface area contributed by atoms with Crippen molar-refractivity contribution in [3.8, 4) is 11.3 Å². The van der Waals surface area contributed by atoms with Gasteiger partial charge in [0.25, 0.3) is 0 Å². The van der Waals surface area contributed by atoms with E-state index in [4.69, 9.17) is 0 Å². The maximum absolute atomic E-state index is 12.2. The standard InChI is InChI=1S/C18H25N5O2/c1-18(2,11-24)17(25)22-14-3-5-15(6-4-14)23-10-13(9-21-23)16-7-8-19-12-20-16/h7-10,12,14-15,24H,3-6,11H2,1-2H3,(H,22,25). The van der Waals surface area contributed by atoms with Gasteiger partial charge >= 0.3 is 0 Å². The van der Waals surface area contributed by atoms with Crippen LogP contribution in [0.2, 0.25) is 0 Å². The van der Waals surface area contributed by atoms with Gasteiger partial charge in [0.1, 0.15) is 6.33 Å². The predicted octanol–water partition coefficient (Wildman–Crippen LogP) is 1.96. The van der Waals surface area contributed by atoms with Gasteiger partial charge in [-0.3, -0.25) is 9.48 Å². The Hall–Kier alpha value is -2.28. The Balaban J connectivity index is 1.56. The smallest absolute Gasteiger partial charge is 0.228 e. The van der Waals surface area contributed by atoms with Gasteiger partial charge in [0.15, 0.2) is 0 Å². The molecule has 0 atom stereocenters. The molecule has 1 fully saturated rings. The summed E-state index contributed by atoms with van der Waals surface area (Å²) in [6, 6.07) is 2.39. The molecular weight excluding hydrogens is 318 g/mol. The number of carbonyl (C=O) groups is 1. The van der Waals surface area contributed by atoms with Gasteiger partial charge in [-0.2, -0.15) is 5.10 Å². The number of carbonyl (C=O) groups excluding carboxylic acids is 1. The monoisotopic (exact) mass is 343 g/mol. The van der Waals surface area contributed by atoms with E-state index in [1.165, 1.54) is 6.33 Å². The number of aliphatic hydroxyl groups is 1. The molecule has 2 heterocycles. The van der Waals surface area contributed by atoms with Gasteiger partial charge < -0.3 is 10.4 Å². The van der Waals surface area contributed by atoms with E-state index >= 15 is 0 Å². The van der Waals surface area contributed by atoms with Crippen molar-refractivity contribution in [2.45, 2.75) is 51.6 Å². The van der Waals surface area contributed by atoms with Crippen molar-refractivity contribution in [2.75, 3.05) is 6.61 Å². The molecule has 1 saturated carbocycles. The van der Waals surface area contributed by atoms with Gasteiger partial charge in [-0.15, -0.1) is 0 Å². The first-order chi connectivity index (χ1) is 12.0. The first-order valence-electron chi connectivity index (χ1n) is 8.72. The lowest BCUT2D eigenvalue weighted by Crippen LogP contribution is -2.45. The number of amides is 1. The second-order valence-electron chi connectivity index (χ2n) is 7.32. The first-order valence-corrected chi connectivity index (χ1v) is 8.72. The van der Waals surface area contributed by atoms with E-state index < -0.39 is 5.41 Å². The van der Waals surface area contributed by atoms with Gasteiger partial charge in [0.2, 0.25) is 5.91 Å². The van der Waals surface area contributed by atoms with E-state index in [0.717, 1.165) is 36.9 Å². The van der Waals surface area contributed by atoms with Gasteiger partial charge in [-0.1, -0.05) is 0 Å². The van der Waals surface area contributed by atoms with Crippen molar-refractivity contribution in [1.82, 2.24) is 25.1 Å². The molecular formula is C18H25N5O2. The van der Waals surface area contributed by atoms with Crippen LogP contribution in [0.4, 0.5) is 0 Å². The Morgan fingerprint density at radius 3 is 2.76 bits per heavy atom. The van der Waals surface area contributed by atoms with Crippen molar-refractivity contribution in [3.63, 3.8) is 0 Å². The van der Waals surface area contributed by atoms with Crippen LogP contribution in [0, 0.1) is 5.41 Å². The maximum atomic E-state index is 12.2. The lowest BCUT2D eigenvalue weighted by molar-refractivity contribution is -0.132. The zero-order valence-corrected chi connectivity index (χ0v) is 14.7. The van der Waals surface area contributed by atoms with Crippen molar-refractivity contribution in [1.29, 1.82) is 0 Å². The molecule has 2 aromatic rings. The molecule has 3 rings (SSSR count). The number of nitrogens with one attached hydrogen (secondary N) is 1. The van der Waals surface area contributed by atoms with Crippen LogP contribution < -0.4 is 5.32 Å². The lowest BCUT2D eigenvalue weighted by Gasteiger charge is -2.31. The molecule has 1 aliphatic rings. The topological polar surface area (TPSA) is 92.9 Å². The molecule has 134 valence electrons. The second-order valence-corrected chi connectivity index (χ2v) is 7.32. The number of aliphatic hydroxyl groups excluding tert-OH is 1. The van der Waals surface area contributed by atoms with Gasteiger partial charge in [0, 0.05) is 24.0 Å². The van der Waals surface area contributed by atoms with Crippen molar-refractivity contribution in [2.24, 2.45) is 5.41 Å². The van der Waals surface area contributed by atoms with Crippen LogP contribution in [0.5, 0.6) is 0 Å². The predicted molar refractivity (Wildman–Crippen MR) is 93.6 cm³/mol. The first kappa shape index (κ1) is 17.5. The molecule has 2 aromatic heterocycles. The van der Waals surface area contributed by atoms with E-state index in [1.54, 1.807) is 20.0 Å². The molecule has 0 aromatic carbocycles. The normalized spacial score (nSPS) is 21.1. The van der Waals surface area contributed by atoms with Crippen molar-refractivity contribution >= 4 is 5.91 Å². The molecule has 25 heavy (non-hydrogen) atoms. The average Bonchev–Trinajstić information content (AvgIpc) is 3.13. The van der Waals surface area contributed by atoms with Crippen LogP contribution in [0.25, 0.3) is 11.3 Å². The summed E-state index contributed by atoms with van der Waals surface area (Å²) in [5.74, 6) is -0.0800. The fourth-order valence-corrected chi connectivity index (χ4v) is 3.07. The fourth-order valence-electron chi connectivity index (χ4n) is 3.07. The number of hydrogen-bond acceptors (Lipinski definition) is 5. The summed E-state index contributed by atoms with van der Waals surface area (Å²) in [7, 11) is 0. The van der Waals surface area contributed by atoms with Crippen molar-refractivity contribution in [3.05, 3.63) is 31.0 Å². The number of hydrogen-bond donors (Lipinski definition) is 2. The van der Waals surface area contributed by atoms with Crippen molar-refractivity contribution < 1.29 is 9.90 Å². The molecule has 1 amide bonds. The van der Waals surface area contributed by atoms with Crippen LogP contribution in [0.1, 0.15) is 45.6 Å². The Morgan fingerprint density at radius 2 is 2.12 bits per heavy atom. The molecule has 0 bridgehead atoms. The average molecular weight is 343 g/mol. The summed E-state index contributed by atoms with van der Waals surface area (Å²) in [6.07, 6.45) is 10.9. The van der Waals surface area contributed by atoms with Gasteiger partial charge in [0.05, 0.1) is 30.0 Å². The summed E-state index contributed by atoms with van der Waals surface area (Å²) < 4.78 is 2.01. The Labute approximate surface area is 147 Å². The van der Waals surface area contributed by atoms with Gasteiger partial charge in [-0.25, -0.2) is 9.97 Å². The zero-order valence-electron chi connectivity index (χ0n) is 14.7. The van der Waals surface area contributed by atoms with Crippen LogP contribution in [0.3, 0.4) is 0 Å². The highest BCUT2D eigenvalue weighted by molar-refractivity contribution is 5.82. The Morgan fingerprint density at radius 1 is 1.36 bits per heavy atom. The number of rotatable bonds is 5. The molecule has 0 spiro atoms. The Bertz CT molecular complexity index is 705. The third-order valence-corrected chi connectivity index (χ3v) is 4.90. The molecule has 0 aliphatic heterocycles. The molecule has 2 N–H and O–H groups in total. The van der Waals surface area contributed by atoms with E-state index in [9.17, 15) is 9.90 Å². The highest BCUT2D eigenvalue weighted by Crippen LogP contribution is 2.30. The largest absolute Gasteiger partial charge is 0.395 e. The quantitative estimate of drug-likeness (QED) is 0.866. The SMILES string of the molecule is CC(C)(CO)C(=O)NC1CCC(n2cc(-c3ccncn3)cn2)CC1. The number of aromatic nitrogens is 4. The lowest BCUT2D eigenvalue weighted by atomic mass is 9.88. The molecule has 0 unspecified atom stereocenters. The van der Waals surface area contributed by atoms with Gasteiger partial charge in [-0.05, 0) is 45.6 Å². The molecule has 0 saturated heterocycles. The third-order valence-electron chi connectivity index (χ3n) is 4.90. The summed E-state index contributed by atoms with van der Waals surface area (Å²) in [5.41, 5.74) is 1.13. The molecule has 7 heteroatoms. The third kappa shape index (κ3) is 4.04. The van der Waals surface area contributed by atoms with Crippen LogP contribution in [-0.4, -0.2) is 43.4 Å².